The number of hydrogen-bond donors (Lipinski definition) is 2. The van der Waals surface area contributed by atoms with Crippen molar-refractivity contribution in [1.29, 1.82) is 5.26 Å². The summed E-state index contributed by atoms with van der Waals surface area (Å²) in [5, 5.41) is 21.6. The van der Waals surface area contributed by atoms with Gasteiger partial charge in [0.2, 0.25) is 5.91 Å². The third-order valence-corrected chi connectivity index (χ3v) is 3.94. The molecule has 2 aromatic rings. The number of para-hydroxylation sites is 1. The first-order valence-electron chi connectivity index (χ1n) is 8.17. The van der Waals surface area contributed by atoms with Gasteiger partial charge in [-0.2, -0.15) is 5.26 Å². The van der Waals surface area contributed by atoms with Crippen LogP contribution in [-0.2, 0) is 11.3 Å². The van der Waals surface area contributed by atoms with Crippen molar-refractivity contribution < 1.29 is 9.90 Å². The molecular weight excluding hydrogens is 302 g/mol. The predicted molar refractivity (Wildman–Crippen MR) is 95.1 cm³/mol. The summed E-state index contributed by atoms with van der Waals surface area (Å²) in [4.78, 5) is 11.9. The zero-order valence-electron chi connectivity index (χ0n) is 13.9. The van der Waals surface area contributed by atoms with E-state index in [1.165, 1.54) is 6.08 Å². The molecule has 2 N–H and O–H groups in total. The van der Waals surface area contributed by atoms with Crippen LogP contribution in [0.1, 0.15) is 25.3 Å². The zero-order valence-corrected chi connectivity index (χ0v) is 13.9. The van der Waals surface area contributed by atoms with Gasteiger partial charge in [-0.1, -0.05) is 25.1 Å². The van der Waals surface area contributed by atoms with Gasteiger partial charge in [-0.05, 0) is 24.5 Å². The first kappa shape index (κ1) is 17.8. The van der Waals surface area contributed by atoms with Gasteiger partial charge in [0.15, 0.2) is 0 Å². The summed E-state index contributed by atoms with van der Waals surface area (Å²) in [7, 11) is 0. The molecule has 1 heterocycles. The van der Waals surface area contributed by atoms with E-state index in [1.54, 1.807) is 6.08 Å². The van der Waals surface area contributed by atoms with Gasteiger partial charge in [-0.3, -0.25) is 4.79 Å². The fourth-order valence-corrected chi connectivity index (χ4v) is 2.59. The highest BCUT2D eigenvalue weighted by molar-refractivity contribution is 5.96. The lowest BCUT2D eigenvalue weighted by molar-refractivity contribution is -0.116. The Morgan fingerprint density at radius 3 is 3.00 bits per heavy atom. The third-order valence-electron chi connectivity index (χ3n) is 3.94. The van der Waals surface area contributed by atoms with Gasteiger partial charge in [-0.15, -0.1) is 0 Å². The Balaban J connectivity index is 2.09. The van der Waals surface area contributed by atoms with Crippen LogP contribution in [0.25, 0.3) is 17.0 Å². The van der Waals surface area contributed by atoms with Crippen LogP contribution in [0.15, 0.2) is 36.5 Å². The average molecular weight is 325 g/mol. The Bertz CT molecular complexity index is 756. The van der Waals surface area contributed by atoms with Crippen molar-refractivity contribution in [2.45, 2.75) is 26.3 Å². The van der Waals surface area contributed by atoms with E-state index in [4.69, 9.17) is 10.4 Å². The number of carbonyl (C=O) groups excluding carboxylic acids is 1. The van der Waals surface area contributed by atoms with Crippen LogP contribution in [0.4, 0.5) is 0 Å². The minimum atomic E-state index is -0.145. The van der Waals surface area contributed by atoms with Gasteiger partial charge in [0.05, 0.1) is 12.5 Å². The summed E-state index contributed by atoms with van der Waals surface area (Å²) in [6.07, 6.45) is 6.43. The summed E-state index contributed by atoms with van der Waals surface area (Å²) < 4.78 is 2.04. The molecule has 0 aliphatic carbocycles. The third kappa shape index (κ3) is 4.71. The number of amides is 1. The van der Waals surface area contributed by atoms with E-state index < -0.39 is 0 Å². The molecule has 1 amide bonds. The molecule has 1 atom stereocenters. The Labute approximate surface area is 142 Å². The van der Waals surface area contributed by atoms with Crippen molar-refractivity contribution in [3.8, 4) is 6.07 Å². The smallest absolute Gasteiger partial charge is 0.244 e. The van der Waals surface area contributed by atoms with E-state index in [1.807, 2.05) is 42.0 Å². The number of nitrogens with zero attached hydrogens (tertiary/aromatic N) is 2. The van der Waals surface area contributed by atoms with E-state index in [-0.39, 0.29) is 18.4 Å². The zero-order chi connectivity index (χ0) is 17.4. The van der Waals surface area contributed by atoms with Gasteiger partial charge < -0.3 is 15.0 Å². The molecular formula is C19H23N3O2. The number of hydrogen-bond acceptors (Lipinski definition) is 3. The molecule has 5 heteroatoms. The predicted octanol–water partition coefficient (Wildman–Crippen LogP) is 2.70. The lowest BCUT2D eigenvalue weighted by Crippen LogP contribution is -2.26. The van der Waals surface area contributed by atoms with Crippen molar-refractivity contribution in [2.75, 3.05) is 13.2 Å². The van der Waals surface area contributed by atoms with Crippen LogP contribution < -0.4 is 5.32 Å². The molecule has 0 radical (unpaired) electrons. The van der Waals surface area contributed by atoms with Crippen LogP contribution in [0, 0.1) is 17.2 Å². The summed E-state index contributed by atoms with van der Waals surface area (Å²) >= 11 is 0. The number of aliphatic hydroxyl groups is 1. The van der Waals surface area contributed by atoms with Crippen molar-refractivity contribution in [2.24, 2.45) is 5.92 Å². The average Bonchev–Trinajstić information content (AvgIpc) is 2.94. The van der Waals surface area contributed by atoms with E-state index >= 15 is 0 Å². The fourth-order valence-electron chi connectivity index (χ4n) is 2.59. The molecule has 1 unspecified atom stereocenters. The number of nitriles is 1. The van der Waals surface area contributed by atoms with Crippen LogP contribution >= 0.6 is 0 Å². The highest BCUT2D eigenvalue weighted by Gasteiger charge is 2.07. The maximum atomic E-state index is 11.9. The maximum absolute atomic E-state index is 11.9. The van der Waals surface area contributed by atoms with E-state index in [9.17, 15) is 4.79 Å². The SMILES string of the molecule is CC(CCO)CNC(=O)/C=C/c1cn(CCC#N)c2ccccc12. The number of nitrogens with one attached hydrogen (secondary N) is 1. The molecule has 0 aliphatic heterocycles. The lowest BCUT2D eigenvalue weighted by Gasteiger charge is -2.09. The van der Waals surface area contributed by atoms with Crippen LogP contribution in [0.5, 0.6) is 0 Å². The summed E-state index contributed by atoms with van der Waals surface area (Å²) in [5.41, 5.74) is 2.02. The largest absolute Gasteiger partial charge is 0.396 e. The number of carbonyl (C=O) groups is 1. The van der Waals surface area contributed by atoms with Gasteiger partial charge >= 0.3 is 0 Å². The highest BCUT2D eigenvalue weighted by Crippen LogP contribution is 2.22. The van der Waals surface area contributed by atoms with Crippen molar-refractivity contribution in [3.05, 3.63) is 42.1 Å². The highest BCUT2D eigenvalue weighted by atomic mass is 16.3. The Hall–Kier alpha value is -2.58. The molecule has 0 spiro atoms. The molecule has 0 bridgehead atoms. The number of aromatic nitrogens is 1. The van der Waals surface area contributed by atoms with Gasteiger partial charge in [-0.25, -0.2) is 0 Å². The van der Waals surface area contributed by atoms with Crippen LogP contribution in [0.2, 0.25) is 0 Å². The number of fused-ring (bicyclic) bond motifs is 1. The van der Waals surface area contributed by atoms with Crippen LogP contribution in [-0.4, -0.2) is 28.7 Å². The quantitative estimate of drug-likeness (QED) is 0.733. The summed E-state index contributed by atoms with van der Waals surface area (Å²) in [6, 6.07) is 10.1. The molecule has 24 heavy (non-hydrogen) atoms. The Morgan fingerprint density at radius 2 is 2.25 bits per heavy atom. The van der Waals surface area contributed by atoms with Gasteiger partial charge in [0.25, 0.3) is 0 Å². The van der Waals surface area contributed by atoms with Crippen molar-refractivity contribution >= 4 is 22.9 Å². The topological polar surface area (TPSA) is 78.0 Å². The summed E-state index contributed by atoms with van der Waals surface area (Å²) in [6.45, 7) is 3.31. The number of aryl methyl sites for hydroxylation is 1. The molecule has 126 valence electrons. The first-order valence-corrected chi connectivity index (χ1v) is 8.17. The van der Waals surface area contributed by atoms with Gasteiger partial charge in [0.1, 0.15) is 0 Å². The maximum Gasteiger partial charge on any atom is 0.244 e. The van der Waals surface area contributed by atoms with Gasteiger partial charge in [0, 0.05) is 48.4 Å². The van der Waals surface area contributed by atoms with E-state index in [0.717, 1.165) is 16.5 Å². The standard InChI is InChI=1S/C19H23N3O2/c1-15(9-12-23)13-21-19(24)8-7-16-14-22(11-4-10-20)18-6-3-2-5-17(16)18/h2-3,5-8,14-15,23H,4,9,11-13H2,1H3,(H,21,24)/b8-7+. The lowest BCUT2D eigenvalue weighted by atomic mass is 10.1. The second-order valence-electron chi connectivity index (χ2n) is 5.90. The van der Waals surface area contributed by atoms with Crippen molar-refractivity contribution in [1.82, 2.24) is 9.88 Å². The molecule has 0 saturated heterocycles. The molecule has 1 aromatic heterocycles. The second kappa shape index (κ2) is 8.90. The van der Waals surface area contributed by atoms with Crippen LogP contribution in [0.3, 0.4) is 0 Å². The second-order valence-corrected chi connectivity index (χ2v) is 5.90. The Kier molecular flexibility index (Phi) is 6.59. The Morgan fingerprint density at radius 1 is 1.46 bits per heavy atom. The van der Waals surface area contributed by atoms with E-state index in [0.29, 0.717) is 25.9 Å². The molecule has 0 saturated carbocycles. The monoisotopic (exact) mass is 325 g/mol. The van der Waals surface area contributed by atoms with E-state index in [2.05, 4.69) is 11.4 Å². The number of rotatable bonds is 8. The molecule has 0 aliphatic rings. The number of aliphatic hydroxyl groups excluding tert-OH is 1. The molecule has 2 rings (SSSR count). The summed E-state index contributed by atoms with van der Waals surface area (Å²) in [5.74, 6) is 0.105. The normalized spacial score (nSPS) is 12.4. The number of benzene rings is 1. The molecule has 5 nitrogen and oxygen atoms in total. The fraction of sp³-hybridized carbons (Fsp3) is 0.368. The minimum Gasteiger partial charge on any atom is -0.396 e. The molecule has 1 aromatic carbocycles. The minimum absolute atomic E-state index is 0.134. The molecule has 0 fully saturated rings. The first-order chi connectivity index (χ1) is 11.7. The van der Waals surface area contributed by atoms with Crippen molar-refractivity contribution in [3.63, 3.8) is 0 Å².